The maximum absolute atomic E-state index is 12.1. The molecule has 224 valence electrons. The molecule has 0 fully saturated rings. The first kappa shape index (κ1) is 31.8. The number of primary sulfonamides is 1. The fourth-order valence-corrected chi connectivity index (χ4v) is 6.79. The maximum atomic E-state index is 12.1. The zero-order valence-corrected chi connectivity index (χ0v) is 26.2. The Labute approximate surface area is 256 Å². The lowest BCUT2D eigenvalue weighted by molar-refractivity contribution is -0.542. The molecule has 0 spiro atoms. The second-order valence-corrected chi connectivity index (χ2v) is 13.3. The van der Waals surface area contributed by atoms with Gasteiger partial charge in [0.05, 0.1) is 39.3 Å². The lowest BCUT2D eigenvalue weighted by atomic mass is 10.2. The Morgan fingerprint density at radius 2 is 1.67 bits per heavy atom. The number of hydrogen-bond acceptors (Lipinski definition) is 7. The number of nitrogens with two attached hydrogens (primary N) is 1. The van der Waals surface area contributed by atoms with E-state index in [4.69, 9.17) is 28.3 Å². The van der Waals surface area contributed by atoms with E-state index < -0.39 is 25.9 Å². The van der Waals surface area contributed by atoms with Gasteiger partial charge in [0.2, 0.25) is 10.0 Å². The molecular weight excluding hydrogens is 621 g/mol. The van der Waals surface area contributed by atoms with Crippen LogP contribution in [0.3, 0.4) is 0 Å². The van der Waals surface area contributed by atoms with E-state index in [-0.39, 0.29) is 22.9 Å². The zero-order valence-electron chi connectivity index (χ0n) is 23.1. The molecule has 1 aliphatic rings. The van der Waals surface area contributed by atoms with Crippen molar-refractivity contribution in [2.45, 2.75) is 31.7 Å². The number of aryl methyl sites for hydroxylation is 1. The van der Waals surface area contributed by atoms with Gasteiger partial charge in [-0.25, -0.2) is 26.5 Å². The molecule has 10 nitrogen and oxygen atoms in total. The Bertz CT molecular complexity index is 1850. The van der Waals surface area contributed by atoms with Crippen LogP contribution in [-0.4, -0.2) is 44.8 Å². The molecule has 14 heteroatoms. The first-order valence-corrected chi connectivity index (χ1v) is 16.9. The van der Waals surface area contributed by atoms with Crippen molar-refractivity contribution in [3.63, 3.8) is 0 Å². The highest BCUT2D eigenvalue weighted by atomic mass is 35.5. The second-order valence-electron chi connectivity index (χ2n) is 9.38. The van der Waals surface area contributed by atoms with Crippen molar-refractivity contribution >= 4 is 78.0 Å². The number of fused-ring (bicyclic) bond motifs is 2. The van der Waals surface area contributed by atoms with Crippen LogP contribution in [0.4, 0.5) is 11.4 Å². The number of nitrogens with zero attached hydrogens (tertiary/aromatic N) is 4. The van der Waals surface area contributed by atoms with Gasteiger partial charge >= 0.3 is 0 Å². The molecule has 0 aliphatic carbocycles. The van der Waals surface area contributed by atoms with Crippen molar-refractivity contribution in [1.82, 2.24) is 4.57 Å². The Kier molecular flexibility index (Phi) is 9.55. The van der Waals surface area contributed by atoms with E-state index in [1.807, 2.05) is 69.2 Å². The minimum Gasteiger partial charge on any atom is -0.748 e. The number of hydrogen-bond donors (Lipinski definition) is 1. The molecule has 0 atom stereocenters. The van der Waals surface area contributed by atoms with Crippen LogP contribution in [-0.2, 0) is 26.7 Å². The second kappa shape index (κ2) is 12.6. The van der Waals surface area contributed by atoms with Crippen LogP contribution in [0.2, 0.25) is 10.0 Å². The van der Waals surface area contributed by atoms with Crippen molar-refractivity contribution in [2.24, 2.45) is 5.14 Å². The fourth-order valence-electron chi connectivity index (χ4n) is 5.06. The highest BCUT2D eigenvalue weighted by Crippen LogP contribution is 2.45. The lowest BCUT2D eigenvalue weighted by Crippen LogP contribution is -2.29. The number of anilines is 2. The monoisotopic (exact) mass is 651 g/mol. The SMILES string of the molecule is C=C[n+]1c(/C=C/C=C/C=C2\N(CC)c3cc(Cl)c(S(N)(=O)=O)cc3N2CC)n(CCCS(=O)(=O)[O-])c2cc(Cl)ccc21. The van der Waals surface area contributed by atoms with Crippen molar-refractivity contribution in [2.75, 3.05) is 28.6 Å². The number of benzene rings is 2. The predicted octanol–water partition coefficient (Wildman–Crippen LogP) is 4.70. The molecule has 0 bridgehead atoms. The van der Waals surface area contributed by atoms with Crippen molar-refractivity contribution in [3.05, 3.63) is 82.9 Å². The molecule has 42 heavy (non-hydrogen) atoms. The average molecular weight is 653 g/mol. The van der Waals surface area contributed by atoms with Crippen molar-refractivity contribution in [3.8, 4) is 0 Å². The maximum Gasteiger partial charge on any atom is 0.287 e. The van der Waals surface area contributed by atoms with E-state index >= 15 is 0 Å². The summed E-state index contributed by atoms with van der Waals surface area (Å²) in [5.41, 5.74) is 3.07. The minimum atomic E-state index is -4.35. The van der Waals surface area contributed by atoms with Crippen LogP contribution in [0.25, 0.3) is 23.3 Å². The molecule has 2 heterocycles. The number of rotatable bonds is 11. The molecule has 1 aromatic heterocycles. The van der Waals surface area contributed by atoms with E-state index in [2.05, 4.69) is 6.58 Å². The van der Waals surface area contributed by atoms with E-state index in [1.165, 1.54) is 6.07 Å². The summed E-state index contributed by atoms with van der Waals surface area (Å²) in [6.45, 7) is 9.34. The molecule has 1 aliphatic heterocycles. The third-order valence-electron chi connectivity index (χ3n) is 6.79. The number of aromatic nitrogens is 2. The first-order chi connectivity index (χ1) is 19.8. The number of halogens is 2. The van der Waals surface area contributed by atoms with Gasteiger partial charge in [0, 0.05) is 36.0 Å². The van der Waals surface area contributed by atoms with Crippen LogP contribution >= 0.6 is 23.2 Å². The molecule has 0 radical (unpaired) electrons. The van der Waals surface area contributed by atoms with Gasteiger partial charge in [-0.1, -0.05) is 48.0 Å². The van der Waals surface area contributed by atoms with Crippen LogP contribution in [0.5, 0.6) is 0 Å². The summed E-state index contributed by atoms with van der Waals surface area (Å²) in [6.07, 6.45) is 11.1. The van der Waals surface area contributed by atoms with Gasteiger partial charge in [0.25, 0.3) is 5.82 Å². The summed E-state index contributed by atoms with van der Waals surface area (Å²) in [4.78, 5) is 3.88. The number of sulfonamides is 1. The Balaban J connectivity index is 1.68. The molecule has 0 saturated heterocycles. The van der Waals surface area contributed by atoms with Crippen LogP contribution in [0, 0.1) is 0 Å². The van der Waals surface area contributed by atoms with E-state index in [1.54, 1.807) is 24.4 Å². The lowest BCUT2D eigenvalue weighted by Gasteiger charge is -2.23. The van der Waals surface area contributed by atoms with Gasteiger partial charge in [-0.15, -0.1) is 0 Å². The molecular formula is C28H31Cl2N5O5S2. The Hall–Kier alpha value is -3.13. The normalized spacial score (nSPS) is 15.1. The zero-order chi connectivity index (χ0) is 30.8. The van der Waals surface area contributed by atoms with Crippen LogP contribution < -0.4 is 19.5 Å². The molecule has 2 N–H and O–H groups in total. The Morgan fingerprint density at radius 3 is 2.26 bits per heavy atom. The molecule has 3 aromatic rings. The van der Waals surface area contributed by atoms with Gasteiger partial charge < -0.3 is 14.4 Å². The molecule has 0 unspecified atom stereocenters. The summed E-state index contributed by atoms with van der Waals surface area (Å²) < 4.78 is 61.5. The van der Waals surface area contributed by atoms with E-state index in [0.717, 1.165) is 22.5 Å². The van der Waals surface area contributed by atoms with E-state index in [9.17, 15) is 21.4 Å². The first-order valence-electron chi connectivity index (χ1n) is 13.1. The third kappa shape index (κ3) is 6.59. The summed E-state index contributed by atoms with van der Waals surface area (Å²) in [6, 6.07) is 8.50. The smallest absolute Gasteiger partial charge is 0.287 e. The molecule has 4 rings (SSSR count). The standard InChI is InChI=1S/C28H31Cl2N5O5S2/c1-4-32-22-14-13-20(29)17-23(22)35(15-10-16-41(36,37)38)28(32)12-9-7-8-11-27-33(5-2)24-18-21(30)26(42(31,39)40)19-25(24)34(27)6-3/h4,7-9,11-14,17-19H,1,5-6,10,15-16H2,2-3H3,(H2-,31,36,37,38,39,40). The Morgan fingerprint density at radius 1 is 1.00 bits per heavy atom. The van der Waals surface area contributed by atoms with Crippen molar-refractivity contribution in [1.29, 1.82) is 0 Å². The van der Waals surface area contributed by atoms with Gasteiger partial charge in [-0.05, 0) is 50.6 Å². The summed E-state index contributed by atoms with van der Waals surface area (Å²) in [5, 5.41) is 5.96. The number of imidazole rings is 1. The summed E-state index contributed by atoms with van der Waals surface area (Å²) >= 11 is 12.5. The van der Waals surface area contributed by atoms with Crippen molar-refractivity contribution < 1.29 is 26.0 Å². The topological polar surface area (TPSA) is 133 Å². The van der Waals surface area contributed by atoms with Gasteiger partial charge in [-0.3, -0.25) is 0 Å². The van der Waals surface area contributed by atoms with Gasteiger partial charge in [0.15, 0.2) is 11.0 Å². The third-order valence-corrected chi connectivity index (χ3v) is 9.18. The minimum absolute atomic E-state index is 0.0607. The predicted molar refractivity (Wildman–Crippen MR) is 168 cm³/mol. The largest absolute Gasteiger partial charge is 0.748 e. The quantitative estimate of drug-likeness (QED) is 0.181. The molecule has 2 aromatic carbocycles. The van der Waals surface area contributed by atoms with E-state index in [0.29, 0.717) is 29.6 Å². The summed E-state index contributed by atoms with van der Waals surface area (Å²) in [7, 11) is -8.35. The van der Waals surface area contributed by atoms with Crippen LogP contribution in [0.15, 0.2) is 71.9 Å². The van der Waals surface area contributed by atoms with Crippen LogP contribution in [0.1, 0.15) is 26.1 Å². The molecule has 0 saturated carbocycles. The highest BCUT2D eigenvalue weighted by Gasteiger charge is 2.32. The molecule has 0 amide bonds. The average Bonchev–Trinajstić information content (AvgIpc) is 3.36. The fraction of sp³-hybridized carbons (Fsp3) is 0.250. The van der Waals surface area contributed by atoms with Gasteiger partial charge in [-0.2, -0.15) is 4.57 Å². The summed E-state index contributed by atoms with van der Waals surface area (Å²) in [5.74, 6) is 1.07. The van der Waals surface area contributed by atoms with Gasteiger partial charge in [0.1, 0.15) is 10.7 Å². The highest BCUT2D eigenvalue weighted by molar-refractivity contribution is 7.89. The number of allylic oxidation sites excluding steroid dienone is 4.